The molecule has 1 rings (SSSR count). The fourth-order valence-electron chi connectivity index (χ4n) is 2.98. The van der Waals surface area contributed by atoms with Gasteiger partial charge in [-0.05, 0) is 37.5 Å². The standard InChI is InChI=1S/C23H35N5O8/c1-11(2)19(22(34)26-12(3)23(35)36)28-20(32)16(9-14-5-7-15(30)8-6-14)27-17(31)10-25-21(33)18(24)13(4)29/h5-8,11-13,16,18-19,29-30H,9-10,24H2,1-4H3,(H,25,33)(H,26,34)(H,27,31)(H,28,32)(H,35,36)/t12-,13+,16-,18-,19-/m0/s1. The van der Waals surface area contributed by atoms with Gasteiger partial charge < -0.3 is 42.3 Å². The van der Waals surface area contributed by atoms with Crippen LogP contribution in [0.25, 0.3) is 0 Å². The van der Waals surface area contributed by atoms with Crippen molar-refractivity contribution in [2.75, 3.05) is 6.54 Å². The van der Waals surface area contributed by atoms with Gasteiger partial charge in [0.15, 0.2) is 0 Å². The van der Waals surface area contributed by atoms with Crippen LogP contribution in [0, 0.1) is 5.92 Å². The van der Waals surface area contributed by atoms with E-state index in [4.69, 9.17) is 10.8 Å². The Bertz CT molecular complexity index is 935. The molecule has 0 saturated heterocycles. The SMILES string of the molecule is CC(C)[C@H](NC(=O)[C@H](Cc1ccc(O)cc1)NC(=O)CNC(=O)[C@@H](N)[C@@H](C)O)C(=O)N[C@@H](C)C(=O)O. The third kappa shape index (κ3) is 9.88. The first-order valence-corrected chi connectivity index (χ1v) is 11.3. The monoisotopic (exact) mass is 509 g/mol. The van der Waals surface area contributed by atoms with Crippen LogP contribution in [0.15, 0.2) is 24.3 Å². The van der Waals surface area contributed by atoms with Crippen LogP contribution >= 0.6 is 0 Å². The van der Waals surface area contributed by atoms with E-state index in [0.29, 0.717) is 5.56 Å². The lowest BCUT2D eigenvalue weighted by Crippen LogP contribution is -2.58. The molecule has 0 radical (unpaired) electrons. The number of carbonyl (C=O) groups excluding carboxylic acids is 4. The minimum absolute atomic E-state index is 0.00467. The number of nitrogens with one attached hydrogen (secondary N) is 4. The number of benzene rings is 1. The van der Waals surface area contributed by atoms with Crippen LogP contribution in [-0.2, 0) is 30.4 Å². The second-order valence-corrected chi connectivity index (χ2v) is 8.77. The minimum atomic E-state index is -1.24. The molecule has 0 unspecified atom stereocenters. The first-order chi connectivity index (χ1) is 16.7. The highest BCUT2D eigenvalue weighted by molar-refractivity contribution is 5.94. The highest BCUT2D eigenvalue weighted by Crippen LogP contribution is 2.12. The molecule has 0 aromatic heterocycles. The summed E-state index contributed by atoms with van der Waals surface area (Å²) in [4.78, 5) is 61.2. The van der Waals surface area contributed by atoms with Crippen molar-refractivity contribution in [1.82, 2.24) is 21.3 Å². The number of aliphatic hydroxyl groups excluding tert-OH is 1. The second-order valence-electron chi connectivity index (χ2n) is 8.77. The van der Waals surface area contributed by atoms with E-state index in [-0.39, 0.29) is 12.2 Å². The lowest BCUT2D eigenvalue weighted by atomic mass is 10.0. The number of nitrogens with two attached hydrogens (primary N) is 1. The minimum Gasteiger partial charge on any atom is -0.508 e. The number of aromatic hydroxyl groups is 1. The van der Waals surface area contributed by atoms with Gasteiger partial charge in [0.2, 0.25) is 23.6 Å². The van der Waals surface area contributed by atoms with E-state index >= 15 is 0 Å². The van der Waals surface area contributed by atoms with Crippen LogP contribution < -0.4 is 27.0 Å². The molecule has 0 spiro atoms. The number of phenolic OH excluding ortho intramolecular Hbond substituents is 1. The van der Waals surface area contributed by atoms with Gasteiger partial charge in [0, 0.05) is 6.42 Å². The third-order valence-corrected chi connectivity index (χ3v) is 5.25. The summed E-state index contributed by atoms with van der Waals surface area (Å²) in [6.07, 6.45) is -1.15. The van der Waals surface area contributed by atoms with Gasteiger partial charge >= 0.3 is 5.97 Å². The summed E-state index contributed by atoms with van der Waals surface area (Å²) in [5, 5.41) is 37.5. The summed E-state index contributed by atoms with van der Waals surface area (Å²) >= 11 is 0. The summed E-state index contributed by atoms with van der Waals surface area (Å²) in [5.41, 5.74) is 6.10. The molecule has 5 atom stereocenters. The Hall–Kier alpha value is -3.71. The molecule has 0 bridgehead atoms. The van der Waals surface area contributed by atoms with Gasteiger partial charge in [-0.1, -0.05) is 26.0 Å². The van der Waals surface area contributed by atoms with E-state index in [1.54, 1.807) is 26.0 Å². The molecule has 200 valence electrons. The summed E-state index contributed by atoms with van der Waals surface area (Å²) in [6, 6.07) is 1.20. The Kier molecular flexibility index (Phi) is 11.8. The molecule has 1 aromatic carbocycles. The lowest BCUT2D eigenvalue weighted by molar-refractivity contribution is -0.142. The van der Waals surface area contributed by atoms with Crippen LogP contribution in [-0.4, -0.2) is 81.7 Å². The van der Waals surface area contributed by atoms with E-state index in [9.17, 15) is 34.2 Å². The van der Waals surface area contributed by atoms with Crippen LogP contribution in [0.2, 0.25) is 0 Å². The summed E-state index contributed by atoms with van der Waals surface area (Å²) in [5.74, 6) is -4.57. The number of hydrogen-bond acceptors (Lipinski definition) is 8. The van der Waals surface area contributed by atoms with Crippen molar-refractivity contribution in [2.45, 2.75) is 64.4 Å². The maximum absolute atomic E-state index is 13.1. The predicted octanol–water partition coefficient (Wildman–Crippen LogP) is -2.03. The number of carbonyl (C=O) groups is 5. The quantitative estimate of drug-likeness (QED) is 0.147. The van der Waals surface area contributed by atoms with Crippen molar-refractivity contribution in [3.63, 3.8) is 0 Å². The summed E-state index contributed by atoms with van der Waals surface area (Å²) < 4.78 is 0. The Morgan fingerprint density at radius 2 is 1.47 bits per heavy atom. The van der Waals surface area contributed by atoms with Crippen molar-refractivity contribution in [2.24, 2.45) is 11.7 Å². The Morgan fingerprint density at radius 3 is 1.97 bits per heavy atom. The zero-order chi connectivity index (χ0) is 27.6. The number of phenols is 1. The molecular weight excluding hydrogens is 474 g/mol. The van der Waals surface area contributed by atoms with E-state index in [2.05, 4.69) is 21.3 Å². The molecule has 0 aliphatic carbocycles. The zero-order valence-corrected chi connectivity index (χ0v) is 20.6. The number of hydrogen-bond donors (Lipinski definition) is 8. The molecule has 0 aliphatic rings. The van der Waals surface area contributed by atoms with Crippen molar-refractivity contribution in [3.8, 4) is 5.75 Å². The van der Waals surface area contributed by atoms with Crippen LogP contribution in [0.4, 0.5) is 0 Å². The first-order valence-electron chi connectivity index (χ1n) is 11.3. The van der Waals surface area contributed by atoms with Gasteiger partial charge in [-0.25, -0.2) is 0 Å². The fraction of sp³-hybridized carbons (Fsp3) is 0.522. The van der Waals surface area contributed by atoms with Crippen LogP contribution in [0.1, 0.15) is 33.3 Å². The molecule has 0 aliphatic heterocycles. The molecule has 0 heterocycles. The van der Waals surface area contributed by atoms with E-state index < -0.39 is 72.3 Å². The molecule has 4 amide bonds. The average Bonchev–Trinajstić information content (AvgIpc) is 2.80. The van der Waals surface area contributed by atoms with Crippen molar-refractivity contribution >= 4 is 29.6 Å². The third-order valence-electron chi connectivity index (χ3n) is 5.25. The molecule has 0 fully saturated rings. The highest BCUT2D eigenvalue weighted by atomic mass is 16.4. The maximum Gasteiger partial charge on any atom is 0.325 e. The smallest absolute Gasteiger partial charge is 0.325 e. The van der Waals surface area contributed by atoms with Gasteiger partial charge in [-0.3, -0.25) is 24.0 Å². The van der Waals surface area contributed by atoms with E-state index in [0.717, 1.165) is 0 Å². The predicted molar refractivity (Wildman–Crippen MR) is 128 cm³/mol. The molecule has 36 heavy (non-hydrogen) atoms. The number of carboxylic acid groups (broad SMARTS) is 1. The second kappa shape index (κ2) is 14.0. The molecule has 1 aromatic rings. The number of amides is 4. The Balaban J connectivity index is 3.00. The van der Waals surface area contributed by atoms with Crippen molar-refractivity contribution in [1.29, 1.82) is 0 Å². The molecule has 0 saturated carbocycles. The highest BCUT2D eigenvalue weighted by Gasteiger charge is 2.30. The maximum atomic E-state index is 13.1. The lowest BCUT2D eigenvalue weighted by Gasteiger charge is -2.26. The van der Waals surface area contributed by atoms with Gasteiger partial charge in [0.25, 0.3) is 0 Å². The Morgan fingerprint density at radius 1 is 0.889 bits per heavy atom. The number of aliphatic carboxylic acids is 1. The van der Waals surface area contributed by atoms with Gasteiger partial charge in [-0.2, -0.15) is 0 Å². The summed E-state index contributed by atoms with van der Waals surface area (Å²) in [7, 11) is 0. The molecule has 13 nitrogen and oxygen atoms in total. The van der Waals surface area contributed by atoms with Gasteiger partial charge in [0.05, 0.1) is 12.6 Å². The van der Waals surface area contributed by atoms with Crippen LogP contribution in [0.5, 0.6) is 5.75 Å². The molecule has 13 heteroatoms. The van der Waals surface area contributed by atoms with Crippen molar-refractivity contribution in [3.05, 3.63) is 29.8 Å². The number of carboxylic acids is 1. The van der Waals surface area contributed by atoms with Gasteiger partial charge in [0.1, 0.15) is 29.9 Å². The zero-order valence-electron chi connectivity index (χ0n) is 20.6. The Labute approximate surface area is 208 Å². The summed E-state index contributed by atoms with van der Waals surface area (Å²) in [6.45, 7) is 5.39. The van der Waals surface area contributed by atoms with Gasteiger partial charge in [-0.15, -0.1) is 0 Å². The van der Waals surface area contributed by atoms with E-state index in [1.165, 1.54) is 26.0 Å². The first kappa shape index (κ1) is 30.3. The number of aliphatic hydroxyl groups is 1. The molecular formula is C23H35N5O8. The topological polar surface area (TPSA) is 220 Å². The average molecular weight is 510 g/mol. The fourth-order valence-corrected chi connectivity index (χ4v) is 2.98. The number of rotatable bonds is 13. The van der Waals surface area contributed by atoms with E-state index in [1.807, 2.05) is 0 Å². The van der Waals surface area contributed by atoms with Crippen LogP contribution in [0.3, 0.4) is 0 Å². The molecule has 9 N–H and O–H groups in total. The largest absolute Gasteiger partial charge is 0.508 e. The normalized spacial score (nSPS) is 15.1. The van der Waals surface area contributed by atoms with Crippen molar-refractivity contribution < 1.29 is 39.3 Å².